The number of nitrogens with two attached hydrogens (primary N) is 1. The summed E-state index contributed by atoms with van der Waals surface area (Å²) < 4.78 is 5.10. The Kier molecular flexibility index (Phi) is 5.42. The van der Waals surface area contributed by atoms with Crippen LogP contribution in [0.25, 0.3) is 0 Å². The van der Waals surface area contributed by atoms with Gasteiger partial charge in [0.2, 0.25) is 0 Å². The van der Waals surface area contributed by atoms with Gasteiger partial charge in [0.15, 0.2) is 0 Å². The number of hydrogen-bond acceptors (Lipinski definition) is 4. The summed E-state index contributed by atoms with van der Waals surface area (Å²) in [5.41, 5.74) is 6.15. The summed E-state index contributed by atoms with van der Waals surface area (Å²) in [5, 5.41) is 0. The molecule has 18 heavy (non-hydrogen) atoms. The van der Waals surface area contributed by atoms with E-state index in [2.05, 4.69) is 16.8 Å². The molecule has 2 N–H and O–H groups in total. The fourth-order valence-electron chi connectivity index (χ4n) is 3.59. The van der Waals surface area contributed by atoms with E-state index in [1.165, 1.54) is 38.9 Å². The molecule has 2 saturated heterocycles. The molecule has 0 aromatic carbocycles. The average Bonchev–Trinajstić information content (AvgIpc) is 2.36. The Bertz CT molecular complexity index is 249. The zero-order valence-corrected chi connectivity index (χ0v) is 12.0. The molecule has 3 unspecified atom stereocenters. The lowest BCUT2D eigenvalue weighted by atomic mass is 9.84. The van der Waals surface area contributed by atoms with Gasteiger partial charge in [-0.05, 0) is 51.7 Å². The standard InChI is InChI=1S/C14H29N3O/c1-16-7-3-4-12-10-17(8-5-14(12)16)11-13(15)6-9-18-2/h12-14H,3-11,15H2,1-2H3. The van der Waals surface area contributed by atoms with Gasteiger partial charge >= 0.3 is 0 Å². The first kappa shape index (κ1) is 14.3. The molecule has 0 amide bonds. The zero-order chi connectivity index (χ0) is 13.0. The molecule has 106 valence electrons. The molecule has 2 aliphatic rings. The van der Waals surface area contributed by atoms with Crippen LogP contribution >= 0.6 is 0 Å². The Labute approximate surface area is 111 Å². The molecular weight excluding hydrogens is 226 g/mol. The van der Waals surface area contributed by atoms with Crippen LogP contribution in [0.15, 0.2) is 0 Å². The number of fused-ring (bicyclic) bond motifs is 1. The highest BCUT2D eigenvalue weighted by molar-refractivity contribution is 4.89. The SMILES string of the molecule is COCCC(N)CN1CCC2C(CCCN2C)C1. The van der Waals surface area contributed by atoms with Crippen molar-refractivity contribution < 1.29 is 4.74 Å². The largest absolute Gasteiger partial charge is 0.385 e. The van der Waals surface area contributed by atoms with Crippen molar-refractivity contribution >= 4 is 0 Å². The second-order valence-corrected chi connectivity index (χ2v) is 6.04. The number of likely N-dealkylation sites (tertiary alicyclic amines) is 2. The molecular formula is C14H29N3O. The quantitative estimate of drug-likeness (QED) is 0.788. The van der Waals surface area contributed by atoms with E-state index < -0.39 is 0 Å². The Morgan fingerprint density at radius 1 is 1.33 bits per heavy atom. The number of hydrogen-bond donors (Lipinski definition) is 1. The molecule has 0 bridgehead atoms. The van der Waals surface area contributed by atoms with E-state index in [1.807, 2.05) is 0 Å². The van der Waals surface area contributed by atoms with Gasteiger partial charge in [0.05, 0.1) is 0 Å². The molecule has 4 nitrogen and oxygen atoms in total. The van der Waals surface area contributed by atoms with E-state index >= 15 is 0 Å². The van der Waals surface area contributed by atoms with Crippen molar-refractivity contribution in [1.82, 2.24) is 9.80 Å². The van der Waals surface area contributed by atoms with Crippen molar-refractivity contribution in [1.29, 1.82) is 0 Å². The van der Waals surface area contributed by atoms with Crippen molar-refractivity contribution in [2.45, 2.75) is 37.8 Å². The van der Waals surface area contributed by atoms with Gasteiger partial charge in [-0.1, -0.05) is 0 Å². The maximum Gasteiger partial charge on any atom is 0.0477 e. The number of nitrogens with zero attached hydrogens (tertiary/aromatic N) is 2. The fraction of sp³-hybridized carbons (Fsp3) is 1.00. The van der Waals surface area contributed by atoms with E-state index in [1.54, 1.807) is 7.11 Å². The van der Waals surface area contributed by atoms with E-state index in [0.29, 0.717) is 0 Å². The number of rotatable bonds is 5. The van der Waals surface area contributed by atoms with Crippen LogP contribution in [0.4, 0.5) is 0 Å². The fourth-order valence-corrected chi connectivity index (χ4v) is 3.59. The van der Waals surface area contributed by atoms with Gasteiger partial charge < -0.3 is 20.3 Å². The summed E-state index contributed by atoms with van der Waals surface area (Å²) in [6.45, 7) is 5.57. The molecule has 0 aromatic heterocycles. The molecule has 0 aromatic rings. The van der Waals surface area contributed by atoms with Gasteiger partial charge in [0, 0.05) is 38.9 Å². The third-order valence-electron chi connectivity index (χ3n) is 4.62. The van der Waals surface area contributed by atoms with Crippen molar-refractivity contribution in [3.63, 3.8) is 0 Å². The molecule has 3 atom stereocenters. The Morgan fingerprint density at radius 2 is 2.17 bits per heavy atom. The first-order valence-corrected chi connectivity index (χ1v) is 7.38. The minimum Gasteiger partial charge on any atom is -0.385 e. The third-order valence-corrected chi connectivity index (χ3v) is 4.62. The van der Waals surface area contributed by atoms with Crippen molar-refractivity contribution in [3.8, 4) is 0 Å². The van der Waals surface area contributed by atoms with E-state index in [9.17, 15) is 0 Å². The topological polar surface area (TPSA) is 41.7 Å². The predicted molar refractivity (Wildman–Crippen MR) is 74.7 cm³/mol. The van der Waals surface area contributed by atoms with Gasteiger partial charge in [-0.15, -0.1) is 0 Å². The minimum atomic E-state index is 0.267. The summed E-state index contributed by atoms with van der Waals surface area (Å²) in [7, 11) is 4.03. The highest BCUT2D eigenvalue weighted by Gasteiger charge is 2.34. The molecule has 2 rings (SSSR count). The number of piperidine rings is 2. The van der Waals surface area contributed by atoms with Crippen LogP contribution in [0, 0.1) is 5.92 Å². The summed E-state index contributed by atoms with van der Waals surface area (Å²) in [5.74, 6) is 0.868. The van der Waals surface area contributed by atoms with Gasteiger partial charge in [-0.2, -0.15) is 0 Å². The summed E-state index contributed by atoms with van der Waals surface area (Å²) in [6.07, 6.45) is 5.05. The van der Waals surface area contributed by atoms with Gasteiger partial charge in [0.1, 0.15) is 0 Å². The van der Waals surface area contributed by atoms with Gasteiger partial charge in [0.25, 0.3) is 0 Å². The molecule has 2 heterocycles. The van der Waals surface area contributed by atoms with Crippen LogP contribution in [-0.4, -0.2) is 68.8 Å². The van der Waals surface area contributed by atoms with Crippen molar-refractivity contribution in [3.05, 3.63) is 0 Å². The predicted octanol–water partition coefficient (Wildman–Crippen LogP) is 0.766. The number of ether oxygens (including phenoxy) is 1. The molecule has 4 heteroatoms. The maximum atomic E-state index is 6.15. The summed E-state index contributed by atoms with van der Waals surface area (Å²) >= 11 is 0. The third kappa shape index (κ3) is 3.67. The normalized spacial score (nSPS) is 32.2. The van der Waals surface area contributed by atoms with Crippen LogP contribution in [-0.2, 0) is 4.74 Å². The number of methoxy groups -OCH3 is 1. The maximum absolute atomic E-state index is 6.15. The average molecular weight is 255 g/mol. The zero-order valence-electron chi connectivity index (χ0n) is 12.0. The van der Waals surface area contributed by atoms with E-state index in [0.717, 1.165) is 31.5 Å². The van der Waals surface area contributed by atoms with Crippen molar-refractivity contribution in [2.75, 3.05) is 46.9 Å². The molecule has 0 saturated carbocycles. The molecule has 2 aliphatic heterocycles. The molecule has 0 aliphatic carbocycles. The molecule has 2 fully saturated rings. The van der Waals surface area contributed by atoms with Crippen molar-refractivity contribution in [2.24, 2.45) is 11.7 Å². The summed E-state index contributed by atoms with van der Waals surface area (Å²) in [4.78, 5) is 5.14. The first-order chi connectivity index (χ1) is 8.70. The van der Waals surface area contributed by atoms with E-state index in [-0.39, 0.29) is 6.04 Å². The Morgan fingerprint density at radius 3 is 2.94 bits per heavy atom. The van der Waals surface area contributed by atoms with Crippen LogP contribution in [0.1, 0.15) is 25.7 Å². The van der Waals surface area contributed by atoms with Crippen LogP contribution in [0.3, 0.4) is 0 Å². The Hall–Kier alpha value is -0.160. The van der Waals surface area contributed by atoms with E-state index in [4.69, 9.17) is 10.5 Å². The monoisotopic (exact) mass is 255 g/mol. The smallest absolute Gasteiger partial charge is 0.0477 e. The lowest BCUT2D eigenvalue weighted by Gasteiger charge is -2.46. The second-order valence-electron chi connectivity index (χ2n) is 6.04. The first-order valence-electron chi connectivity index (χ1n) is 7.38. The van der Waals surface area contributed by atoms with Crippen LogP contribution < -0.4 is 5.73 Å². The molecule has 0 radical (unpaired) electrons. The highest BCUT2D eigenvalue weighted by Crippen LogP contribution is 2.29. The van der Waals surface area contributed by atoms with Crippen LogP contribution in [0.5, 0.6) is 0 Å². The molecule has 0 spiro atoms. The second kappa shape index (κ2) is 6.85. The van der Waals surface area contributed by atoms with Gasteiger partial charge in [-0.3, -0.25) is 0 Å². The van der Waals surface area contributed by atoms with Gasteiger partial charge in [-0.25, -0.2) is 0 Å². The minimum absolute atomic E-state index is 0.267. The highest BCUT2D eigenvalue weighted by atomic mass is 16.5. The summed E-state index contributed by atoms with van der Waals surface area (Å²) in [6, 6.07) is 1.09. The lowest BCUT2D eigenvalue weighted by molar-refractivity contribution is 0.0351. The lowest BCUT2D eigenvalue weighted by Crippen LogP contribution is -2.54. The Balaban J connectivity index is 1.76. The van der Waals surface area contributed by atoms with Crippen LogP contribution in [0.2, 0.25) is 0 Å².